The highest BCUT2D eigenvalue weighted by Gasteiger charge is 2.44. The summed E-state index contributed by atoms with van der Waals surface area (Å²) >= 11 is 1.56. The number of aliphatic hydroxyl groups is 1. The fourth-order valence-electron chi connectivity index (χ4n) is 8.12. The molecular formula is C51H65N13O11S. The van der Waals surface area contributed by atoms with Crippen LogP contribution < -0.4 is 36.6 Å². The van der Waals surface area contributed by atoms with Crippen molar-refractivity contribution in [3.05, 3.63) is 77.3 Å². The molecule has 7 rings (SSSR count). The molecule has 0 radical (unpaired) electrons. The largest absolute Gasteiger partial charge is 0.494 e. The number of hydrogen-bond donors (Lipinski definition) is 7. The van der Waals surface area contributed by atoms with E-state index in [0.29, 0.717) is 29.4 Å². The number of amides is 6. The SMILES string of the molecule is CNC(=O)c1nnc(NC(=O)C2CC2)cc1Nc1cccc(-c2ncn(CCNC(=O)COCCOCCOCC(=O)N[C@H](C(=O)N3C[C@H](O)C[C@H]3C(=O)NCc3ccc(-c4scnc4C)cc3)C(C)(C)C)n2)c1OC. The van der Waals surface area contributed by atoms with E-state index in [1.54, 1.807) is 60.5 Å². The molecular weight excluding hydrogens is 1000 g/mol. The standard InChI is InChI=1S/C51H65N13O11S/c1-30-44(76-29-56-30)32-12-10-31(11-13-32)24-54-48(69)38-22-34(65)25-64(38)50(71)45(51(2,3)4)59-41(67)27-75-21-19-73-18-20-74-26-40(66)53-16-17-63-28-55-46(62-63)35-8-7-9-36(43(35)72-6)57-37-23-39(58-47(68)33-14-15-33)60-61-42(37)49(70)52-5/h7-13,23,28-29,33-34,38,45,65H,14-22,24-27H2,1-6H3,(H,52,70)(H,53,66)(H,54,69)(H,59,67)(H2,57,58,60,68)/t34-,38+,45-/m1/s1. The van der Waals surface area contributed by atoms with Gasteiger partial charge >= 0.3 is 0 Å². The Balaban J connectivity index is 0.774. The third-order valence-corrected chi connectivity index (χ3v) is 13.3. The molecule has 1 saturated carbocycles. The van der Waals surface area contributed by atoms with Crippen LogP contribution in [0.25, 0.3) is 21.8 Å². The minimum Gasteiger partial charge on any atom is -0.494 e. The average molecular weight is 1070 g/mol. The molecule has 25 heteroatoms. The van der Waals surface area contributed by atoms with Gasteiger partial charge in [0.05, 0.1) is 79.2 Å². The van der Waals surface area contributed by atoms with Gasteiger partial charge in [-0.3, -0.25) is 33.4 Å². The molecule has 3 aromatic heterocycles. The van der Waals surface area contributed by atoms with Crippen molar-refractivity contribution in [2.75, 3.05) is 77.5 Å². The first kappa shape index (κ1) is 56.3. The summed E-state index contributed by atoms with van der Waals surface area (Å²) in [5.41, 5.74) is 5.22. The molecule has 1 aliphatic carbocycles. The van der Waals surface area contributed by atoms with Crippen molar-refractivity contribution >= 4 is 64.0 Å². The van der Waals surface area contributed by atoms with E-state index in [1.807, 2.05) is 31.2 Å². The maximum Gasteiger partial charge on any atom is 0.273 e. The number of methoxy groups -OCH3 is 1. The Kier molecular flexibility index (Phi) is 19.5. The van der Waals surface area contributed by atoms with Crippen molar-refractivity contribution in [3.63, 3.8) is 0 Å². The molecule has 24 nitrogen and oxygen atoms in total. The van der Waals surface area contributed by atoms with E-state index < -0.39 is 47.2 Å². The number of aliphatic hydroxyl groups excluding tert-OH is 1. The number of thiazole rings is 1. The Morgan fingerprint density at radius 3 is 2.28 bits per heavy atom. The minimum absolute atomic E-state index is 0.00608. The molecule has 3 atom stereocenters. The minimum atomic E-state index is -1.01. The third kappa shape index (κ3) is 15.3. The Bertz CT molecular complexity index is 2830. The second-order valence-electron chi connectivity index (χ2n) is 19.2. The van der Waals surface area contributed by atoms with Crippen molar-refractivity contribution < 1.29 is 52.8 Å². The normalized spacial score (nSPS) is 15.6. The number of para-hydroxylation sites is 1. The van der Waals surface area contributed by atoms with Crippen LogP contribution >= 0.6 is 11.3 Å². The van der Waals surface area contributed by atoms with Gasteiger partial charge in [-0.25, -0.2) is 9.97 Å². The highest BCUT2D eigenvalue weighted by Crippen LogP contribution is 2.38. The molecule has 4 heterocycles. The van der Waals surface area contributed by atoms with Crippen LogP contribution in [0, 0.1) is 18.3 Å². The highest BCUT2D eigenvalue weighted by molar-refractivity contribution is 7.13. The molecule has 5 aromatic rings. The van der Waals surface area contributed by atoms with E-state index in [2.05, 4.69) is 57.2 Å². The number of rotatable bonds is 26. The smallest absolute Gasteiger partial charge is 0.273 e. The number of nitrogens with zero attached hydrogens (tertiary/aromatic N) is 7. The van der Waals surface area contributed by atoms with E-state index in [4.69, 9.17) is 18.9 Å². The number of nitrogens with one attached hydrogen (secondary N) is 6. The van der Waals surface area contributed by atoms with Gasteiger partial charge < -0.3 is 60.9 Å². The van der Waals surface area contributed by atoms with Gasteiger partial charge in [-0.1, -0.05) is 51.1 Å². The molecule has 0 unspecified atom stereocenters. The molecule has 7 N–H and O–H groups in total. The van der Waals surface area contributed by atoms with E-state index in [9.17, 15) is 33.9 Å². The summed E-state index contributed by atoms with van der Waals surface area (Å²) in [6, 6.07) is 12.7. The van der Waals surface area contributed by atoms with Gasteiger partial charge in [0.15, 0.2) is 23.1 Å². The van der Waals surface area contributed by atoms with Crippen LogP contribution in [0.4, 0.5) is 17.2 Å². The summed E-state index contributed by atoms with van der Waals surface area (Å²) in [5, 5.41) is 40.1. The number of anilines is 3. The first-order chi connectivity index (χ1) is 36.5. The van der Waals surface area contributed by atoms with Crippen molar-refractivity contribution in [2.24, 2.45) is 11.3 Å². The predicted octanol–water partition coefficient (Wildman–Crippen LogP) is 2.60. The zero-order valence-electron chi connectivity index (χ0n) is 43.3. The third-order valence-electron chi connectivity index (χ3n) is 12.3. The van der Waals surface area contributed by atoms with Gasteiger partial charge in [-0.15, -0.1) is 21.5 Å². The van der Waals surface area contributed by atoms with Crippen LogP contribution in [0.5, 0.6) is 5.75 Å². The number of carbonyl (C=O) groups excluding carboxylic acids is 6. The summed E-state index contributed by atoms with van der Waals surface area (Å²) in [6.45, 7) is 8.02. The number of β-amino-alcohol motifs (C(OH)–C–C–N with tert-alkyl or cyclic N) is 1. The second-order valence-corrected chi connectivity index (χ2v) is 20.0. The molecule has 1 aliphatic heterocycles. The van der Waals surface area contributed by atoms with Crippen LogP contribution in [0.1, 0.15) is 61.8 Å². The molecule has 1 saturated heterocycles. The summed E-state index contributed by atoms with van der Waals surface area (Å²) in [6.07, 6.45) is 2.31. The lowest BCUT2D eigenvalue weighted by Crippen LogP contribution is -2.58. The predicted molar refractivity (Wildman–Crippen MR) is 279 cm³/mol. The Labute approximate surface area is 443 Å². The maximum absolute atomic E-state index is 14.0. The molecule has 2 fully saturated rings. The highest BCUT2D eigenvalue weighted by atomic mass is 32.1. The number of hydrogen-bond acceptors (Lipinski definition) is 18. The average Bonchev–Trinajstić information content (AvgIpc) is 3.79. The van der Waals surface area contributed by atoms with Gasteiger partial charge in [0, 0.05) is 45.1 Å². The van der Waals surface area contributed by atoms with Crippen LogP contribution in [0.15, 0.2) is 60.4 Å². The monoisotopic (exact) mass is 1070 g/mol. The number of aryl methyl sites for hydroxylation is 1. The Morgan fingerprint density at radius 2 is 1.61 bits per heavy atom. The maximum atomic E-state index is 14.0. The molecule has 0 spiro atoms. The zero-order chi connectivity index (χ0) is 54.4. The first-order valence-electron chi connectivity index (χ1n) is 24.8. The van der Waals surface area contributed by atoms with E-state index in [-0.39, 0.29) is 101 Å². The summed E-state index contributed by atoms with van der Waals surface area (Å²) in [7, 11) is 2.96. The molecule has 0 bridgehead atoms. The number of benzene rings is 2. The molecule has 2 aromatic carbocycles. The number of likely N-dealkylation sites (tertiary alicyclic amines) is 1. The number of ether oxygens (including phenoxy) is 4. The Morgan fingerprint density at radius 1 is 0.882 bits per heavy atom. The summed E-state index contributed by atoms with van der Waals surface area (Å²) in [5.74, 6) is -1.54. The van der Waals surface area contributed by atoms with Crippen LogP contribution in [0.2, 0.25) is 0 Å². The topological polar surface area (TPSA) is 304 Å². The van der Waals surface area contributed by atoms with Crippen molar-refractivity contribution in [1.82, 2.24) is 56.1 Å². The molecule has 2 aliphatic rings. The summed E-state index contributed by atoms with van der Waals surface area (Å²) in [4.78, 5) is 89.1. The second kappa shape index (κ2) is 26.4. The van der Waals surface area contributed by atoms with Crippen LogP contribution in [-0.2, 0) is 51.3 Å². The summed E-state index contributed by atoms with van der Waals surface area (Å²) < 4.78 is 23.8. The van der Waals surface area contributed by atoms with Crippen LogP contribution in [0.3, 0.4) is 0 Å². The molecule has 406 valence electrons. The van der Waals surface area contributed by atoms with E-state index in [1.165, 1.54) is 31.5 Å². The Hall–Kier alpha value is -7.45. The number of aromatic nitrogens is 6. The number of carbonyl (C=O) groups is 6. The fraction of sp³-hybridized carbons (Fsp3) is 0.471. The van der Waals surface area contributed by atoms with Gasteiger partial charge in [0.25, 0.3) is 5.91 Å². The lowest BCUT2D eigenvalue weighted by Gasteiger charge is -2.35. The van der Waals surface area contributed by atoms with Gasteiger partial charge in [-0.2, -0.15) is 5.10 Å². The quantitative estimate of drug-likeness (QED) is 0.0392. The van der Waals surface area contributed by atoms with Gasteiger partial charge in [0.2, 0.25) is 29.5 Å². The van der Waals surface area contributed by atoms with Crippen molar-refractivity contribution in [2.45, 2.75) is 78.2 Å². The van der Waals surface area contributed by atoms with Crippen molar-refractivity contribution in [1.29, 1.82) is 0 Å². The lowest BCUT2D eigenvalue weighted by molar-refractivity contribution is -0.144. The van der Waals surface area contributed by atoms with E-state index >= 15 is 0 Å². The van der Waals surface area contributed by atoms with Gasteiger partial charge in [-0.05, 0) is 48.4 Å². The first-order valence-corrected chi connectivity index (χ1v) is 25.7. The van der Waals surface area contributed by atoms with Crippen LogP contribution in [-0.4, -0.2) is 160 Å². The lowest BCUT2D eigenvalue weighted by atomic mass is 9.85. The molecule has 6 amide bonds. The molecule has 76 heavy (non-hydrogen) atoms. The zero-order valence-corrected chi connectivity index (χ0v) is 44.2. The van der Waals surface area contributed by atoms with Gasteiger partial charge in [0.1, 0.15) is 31.6 Å². The van der Waals surface area contributed by atoms with E-state index in [0.717, 1.165) is 34.5 Å². The fourth-order valence-corrected chi connectivity index (χ4v) is 8.93. The van der Waals surface area contributed by atoms with Crippen molar-refractivity contribution in [3.8, 4) is 27.6 Å².